The van der Waals surface area contributed by atoms with Crippen LogP contribution in [0.1, 0.15) is 16.7 Å². The molecule has 0 unspecified atom stereocenters. The zero-order chi connectivity index (χ0) is 32.7. The molecule has 5 aromatic rings. The first-order valence-corrected chi connectivity index (χ1v) is 18.1. The van der Waals surface area contributed by atoms with Crippen molar-refractivity contribution in [2.45, 2.75) is 34.3 Å². The number of tetrazole rings is 1. The Kier molecular flexibility index (Phi) is 10.9. The highest BCUT2D eigenvalue weighted by Gasteiger charge is 2.34. The third-order valence-electron chi connectivity index (χ3n) is 7.40. The van der Waals surface area contributed by atoms with E-state index in [4.69, 9.17) is 14.2 Å². The van der Waals surface area contributed by atoms with Gasteiger partial charge in [0, 0.05) is 22.9 Å². The van der Waals surface area contributed by atoms with Crippen molar-refractivity contribution in [1.82, 2.24) is 24.5 Å². The summed E-state index contributed by atoms with van der Waals surface area (Å²) >= 11 is 2.81. The van der Waals surface area contributed by atoms with Gasteiger partial charge in [-0.2, -0.15) is 4.31 Å². The monoisotopic (exact) mass is 677 g/mol. The Morgan fingerprint density at radius 3 is 1.59 bits per heavy atom. The minimum Gasteiger partial charge on any atom is -0.497 e. The molecule has 1 aromatic heterocycles. The van der Waals surface area contributed by atoms with E-state index in [0.29, 0.717) is 34.3 Å². The molecule has 0 aliphatic heterocycles. The molecule has 0 spiro atoms. The molecule has 1 heterocycles. The maximum absolute atomic E-state index is 15.1. The van der Waals surface area contributed by atoms with Gasteiger partial charge in [-0.05, 0) is 88.2 Å². The Bertz CT molecular complexity index is 1810. The summed E-state index contributed by atoms with van der Waals surface area (Å²) in [6.45, 7) is 0.600. The molecule has 0 saturated heterocycles. The lowest BCUT2D eigenvalue weighted by Gasteiger charge is -2.26. The Morgan fingerprint density at radius 1 is 0.674 bits per heavy atom. The zero-order valence-electron chi connectivity index (χ0n) is 26.2. The molecule has 0 bridgehead atoms. The molecule has 240 valence electrons. The van der Waals surface area contributed by atoms with E-state index in [1.807, 2.05) is 97.4 Å². The number of benzene rings is 4. The van der Waals surface area contributed by atoms with E-state index < -0.39 is 10.0 Å². The molecule has 0 fully saturated rings. The van der Waals surface area contributed by atoms with Gasteiger partial charge in [0.25, 0.3) is 0 Å². The van der Waals surface area contributed by atoms with Crippen LogP contribution in [0.2, 0.25) is 0 Å². The van der Waals surface area contributed by atoms with Crippen LogP contribution in [0.4, 0.5) is 0 Å². The molecule has 10 nitrogen and oxygen atoms in total. The van der Waals surface area contributed by atoms with Crippen molar-refractivity contribution in [1.29, 1.82) is 0 Å². The molecule has 0 atom stereocenters. The van der Waals surface area contributed by atoms with E-state index >= 15 is 8.42 Å². The lowest BCUT2D eigenvalue weighted by Crippen LogP contribution is -2.31. The standard InChI is InChI=1S/C33H35N5O5S3/c1-41-26-12-6-23(7-13-26)20-37(21-24-8-14-27(42-2)15-9-24)46(39,40)32-30(45-5)19-18-29(44-4)31(32)33-34-35-36-38(33)22-25-10-16-28(43-3)17-11-25/h6-19H,20-22H2,1-5H3. The Hall–Kier alpha value is -4.04. The van der Waals surface area contributed by atoms with Gasteiger partial charge in [0.15, 0.2) is 5.82 Å². The van der Waals surface area contributed by atoms with Crippen molar-refractivity contribution >= 4 is 33.5 Å². The van der Waals surface area contributed by atoms with Crippen molar-refractivity contribution < 1.29 is 22.6 Å². The Balaban J connectivity index is 1.64. The molecule has 46 heavy (non-hydrogen) atoms. The number of ether oxygens (including phenoxy) is 3. The van der Waals surface area contributed by atoms with Crippen molar-refractivity contribution in [3.8, 4) is 28.6 Å². The minimum absolute atomic E-state index is 0.131. The molecule has 0 radical (unpaired) electrons. The first-order chi connectivity index (χ1) is 22.3. The number of nitrogens with zero attached hydrogens (tertiary/aromatic N) is 5. The summed E-state index contributed by atoms with van der Waals surface area (Å²) in [4.78, 5) is 1.51. The molecule has 0 aliphatic rings. The SMILES string of the molecule is COc1ccc(CN(Cc2ccc(OC)cc2)S(=O)(=O)c2c(SC)ccc(SC)c2-c2nnnn2Cc2ccc(OC)cc2)cc1. The van der Waals surface area contributed by atoms with Crippen molar-refractivity contribution in [3.63, 3.8) is 0 Å². The van der Waals surface area contributed by atoms with E-state index in [1.54, 1.807) is 26.0 Å². The lowest BCUT2D eigenvalue weighted by molar-refractivity contribution is 0.397. The van der Waals surface area contributed by atoms with Crippen LogP contribution < -0.4 is 14.2 Å². The fraction of sp³-hybridized carbons (Fsp3) is 0.242. The quantitative estimate of drug-likeness (QED) is 0.125. The molecule has 0 aliphatic carbocycles. The lowest BCUT2D eigenvalue weighted by atomic mass is 10.2. The summed E-state index contributed by atoms with van der Waals surface area (Å²) in [7, 11) is 0.667. The fourth-order valence-electron chi connectivity index (χ4n) is 4.96. The van der Waals surface area contributed by atoms with Crippen LogP contribution in [-0.2, 0) is 29.7 Å². The van der Waals surface area contributed by atoms with E-state index in [1.165, 1.54) is 27.8 Å². The van der Waals surface area contributed by atoms with Gasteiger partial charge >= 0.3 is 0 Å². The van der Waals surface area contributed by atoms with E-state index in [2.05, 4.69) is 15.5 Å². The van der Waals surface area contributed by atoms with Gasteiger partial charge in [0.2, 0.25) is 10.0 Å². The van der Waals surface area contributed by atoms with Gasteiger partial charge in [-0.15, -0.1) is 28.6 Å². The summed E-state index contributed by atoms with van der Waals surface area (Å²) in [5, 5.41) is 12.6. The van der Waals surface area contributed by atoms with E-state index in [-0.39, 0.29) is 18.0 Å². The summed E-state index contributed by atoms with van der Waals surface area (Å²) < 4.78 is 49.2. The largest absolute Gasteiger partial charge is 0.497 e. The van der Waals surface area contributed by atoms with Crippen molar-refractivity contribution in [2.75, 3.05) is 33.8 Å². The van der Waals surface area contributed by atoms with Crippen LogP contribution in [-0.4, -0.2) is 66.8 Å². The van der Waals surface area contributed by atoms with Gasteiger partial charge in [0.1, 0.15) is 22.1 Å². The number of hydrogen-bond donors (Lipinski definition) is 0. The van der Waals surface area contributed by atoms with Gasteiger partial charge in [-0.25, -0.2) is 13.1 Å². The molecule has 0 N–H and O–H groups in total. The molecule has 0 amide bonds. The van der Waals surface area contributed by atoms with Crippen LogP contribution >= 0.6 is 23.5 Å². The first kappa shape index (κ1) is 33.3. The van der Waals surface area contributed by atoms with E-state index in [9.17, 15) is 0 Å². The second-order valence-corrected chi connectivity index (χ2v) is 13.7. The summed E-state index contributed by atoms with van der Waals surface area (Å²) in [6, 6.07) is 26.2. The molecular formula is C33H35N5O5S3. The average Bonchev–Trinajstić information content (AvgIpc) is 3.55. The summed E-state index contributed by atoms with van der Waals surface area (Å²) in [5.74, 6) is 2.48. The van der Waals surface area contributed by atoms with Gasteiger partial charge < -0.3 is 14.2 Å². The predicted octanol–water partition coefficient (Wildman–Crippen LogP) is 6.25. The fourth-order valence-corrected chi connectivity index (χ4v) is 8.36. The molecule has 0 saturated carbocycles. The highest BCUT2D eigenvalue weighted by molar-refractivity contribution is 7.99. The maximum Gasteiger partial charge on any atom is 0.245 e. The normalized spacial score (nSPS) is 11.5. The predicted molar refractivity (Wildman–Crippen MR) is 181 cm³/mol. The zero-order valence-corrected chi connectivity index (χ0v) is 28.7. The first-order valence-electron chi connectivity index (χ1n) is 14.2. The summed E-state index contributed by atoms with van der Waals surface area (Å²) in [5.41, 5.74) is 3.03. The molecular weight excluding hydrogens is 643 g/mol. The number of aromatic nitrogens is 4. The smallest absolute Gasteiger partial charge is 0.245 e. The highest BCUT2D eigenvalue weighted by atomic mass is 32.2. The topological polar surface area (TPSA) is 109 Å². The van der Waals surface area contributed by atoms with Crippen LogP contribution in [0, 0.1) is 0 Å². The van der Waals surface area contributed by atoms with Crippen LogP contribution in [0.3, 0.4) is 0 Å². The Labute approximate surface area is 278 Å². The number of thioether (sulfide) groups is 2. The van der Waals surface area contributed by atoms with E-state index in [0.717, 1.165) is 27.3 Å². The van der Waals surface area contributed by atoms with Crippen molar-refractivity contribution in [3.05, 3.63) is 102 Å². The number of methoxy groups -OCH3 is 3. The van der Waals surface area contributed by atoms with Gasteiger partial charge in [-0.3, -0.25) is 0 Å². The second-order valence-electron chi connectivity index (χ2n) is 10.2. The Morgan fingerprint density at radius 2 is 1.13 bits per heavy atom. The third kappa shape index (κ3) is 7.33. The average molecular weight is 678 g/mol. The maximum atomic E-state index is 15.1. The van der Waals surface area contributed by atoms with Crippen LogP contribution in [0.15, 0.2) is 99.6 Å². The second kappa shape index (κ2) is 15.0. The minimum atomic E-state index is -4.15. The van der Waals surface area contributed by atoms with Crippen LogP contribution in [0.25, 0.3) is 11.4 Å². The van der Waals surface area contributed by atoms with Crippen LogP contribution in [0.5, 0.6) is 17.2 Å². The number of rotatable bonds is 14. The third-order valence-corrected chi connectivity index (χ3v) is 11.0. The van der Waals surface area contributed by atoms with Gasteiger partial charge in [0.05, 0.1) is 33.4 Å². The van der Waals surface area contributed by atoms with Crippen molar-refractivity contribution in [2.24, 2.45) is 0 Å². The number of sulfonamides is 1. The van der Waals surface area contributed by atoms with Gasteiger partial charge in [-0.1, -0.05) is 36.4 Å². The highest BCUT2D eigenvalue weighted by Crippen LogP contribution is 2.42. The number of hydrogen-bond acceptors (Lipinski definition) is 10. The summed E-state index contributed by atoms with van der Waals surface area (Å²) in [6.07, 6.45) is 3.78. The molecule has 4 aromatic carbocycles. The molecule has 5 rings (SSSR count). The molecule has 13 heteroatoms.